The Kier molecular flexibility index (Phi) is 1.95. The molecule has 74 valence electrons. The number of aryl methyl sites for hydroxylation is 1. The molecule has 0 bridgehead atoms. The summed E-state index contributed by atoms with van der Waals surface area (Å²) in [5.41, 5.74) is 3.20. The number of ether oxygens (including phenoxy) is 1. The van der Waals surface area contributed by atoms with Crippen LogP contribution in [-0.4, -0.2) is 18.2 Å². The average molecular weight is 192 g/mol. The molecule has 1 atom stereocenters. The number of carboxylic acids is 1. The van der Waals surface area contributed by atoms with E-state index < -0.39 is 5.97 Å². The molecular formula is C11H12O3. The summed E-state index contributed by atoms with van der Waals surface area (Å²) in [6.45, 7) is 1.99. The fourth-order valence-corrected chi connectivity index (χ4v) is 1.92. The summed E-state index contributed by atoms with van der Waals surface area (Å²) in [4.78, 5) is 10.8. The van der Waals surface area contributed by atoms with Gasteiger partial charge in [0.1, 0.15) is 5.75 Å². The second-order valence-electron chi connectivity index (χ2n) is 3.61. The van der Waals surface area contributed by atoms with Crippen LogP contribution in [0.25, 0.3) is 0 Å². The van der Waals surface area contributed by atoms with Crippen LogP contribution < -0.4 is 4.74 Å². The number of hydrogen-bond acceptors (Lipinski definition) is 2. The Hall–Kier alpha value is -1.51. The average Bonchev–Trinajstić information content (AvgIpc) is 2.07. The quantitative estimate of drug-likeness (QED) is 0.776. The fourth-order valence-electron chi connectivity index (χ4n) is 1.92. The van der Waals surface area contributed by atoms with Gasteiger partial charge in [0.05, 0.1) is 13.0 Å². The highest BCUT2D eigenvalue weighted by Gasteiger charge is 2.33. The van der Waals surface area contributed by atoms with Gasteiger partial charge in [0.25, 0.3) is 0 Å². The van der Waals surface area contributed by atoms with Crippen molar-refractivity contribution >= 4 is 5.97 Å². The molecule has 1 aliphatic carbocycles. The Morgan fingerprint density at radius 1 is 1.57 bits per heavy atom. The van der Waals surface area contributed by atoms with Gasteiger partial charge in [-0.1, -0.05) is 0 Å². The van der Waals surface area contributed by atoms with Gasteiger partial charge in [-0.25, -0.2) is 0 Å². The third-order valence-corrected chi connectivity index (χ3v) is 2.80. The smallest absolute Gasteiger partial charge is 0.311 e. The molecule has 0 radical (unpaired) electrons. The van der Waals surface area contributed by atoms with E-state index >= 15 is 0 Å². The third-order valence-electron chi connectivity index (χ3n) is 2.80. The highest BCUT2D eigenvalue weighted by molar-refractivity contribution is 5.81. The Bertz CT molecular complexity index is 396. The molecule has 0 saturated heterocycles. The molecule has 0 saturated carbocycles. The lowest BCUT2D eigenvalue weighted by Gasteiger charge is -2.29. The lowest BCUT2D eigenvalue weighted by Crippen LogP contribution is -2.25. The van der Waals surface area contributed by atoms with E-state index in [2.05, 4.69) is 0 Å². The number of rotatable bonds is 2. The highest BCUT2D eigenvalue weighted by atomic mass is 16.5. The van der Waals surface area contributed by atoms with Crippen molar-refractivity contribution < 1.29 is 14.6 Å². The number of fused-ring (bicyclic) bond motifs is 1. The third kappa shape index (κ3) is 1.16. The van der Waals surface area contributed by atoms with Crippen molar-refractivity contribution in [2.24, 2.45) is 0 Å². The van der Waals surface area contributed by atoms with Crippen molar-refractivity contribution in [3.63, 3.8) is 0 Å². The molecule has 14 heavy (non-hydrogen) atoms. The van der Waals surface area contributed by atoms with Gasteiger partial charge in [-0.05, 0) is 42.2 Å². The predicted octanol–water partition coefficient (Wildman–Crippen LogP) is 1.73. The number of aliphatic carboxylic acids is 1. The van der Waals surface area contributed by atoms with Gasteiger partial charge >= 0.3 is 5.97 Å². The lowest BCUT2D eigenvalue weighted by molar-refractivity contribution is -0.139. The van der Waals surface area contributed by atoms with Crippen LogP contribution in [0.15, 0.2) is 12.1 Å². The van der Waals surface area contributed by atoms with Gasteiger partial charge in [0, 0.05) is 0 Å². The maximum Gasteiger partial charge on any atom is 0.311 e. The van der Waals surface area contributed by atoms with Gasteiger partial charge in [0.15, 0.2) is 0 Å². The van der Waals surface area contributed by atoms with Crippen molar-refractivity contribution in [3.8, 4) is 5.75 Å². The molecule has 0 aromatic heterocycles. The molecule has 1 aromatic carbocycles. The Labute approximate surface area is 82.3 Å². The first-order chi connectivity index (χ1) is 6.63. The fraction of sp³-hybridized carbons (Fsp3) is 0.364. The first-order valence-corrected chi connectivity index (χ1v) is 4.53. The number of carbonyl (C=O) groups is 1. The Morgan fingerprint density at radius 3 is 2.86 bits per heavy atom. The molecular weight excluding hydrogens is 180 g/mol. The maximum absolute atomic E-state index is 10.8. The van der Waals surface area contributed by atoms with E-state index in [4.69, 9.17) is 9.84 Å². The van der Waals surface area contributed by atoms with Gasteiger partial charge in [-0.2, -0.15) is 0 Å². The minimum Gasteiger partial charge on any atom is -0.497 e. The van der Waals surface area contributed by atoms with Crippen LogP contribution in [0.1, 0.15) is 22.6 Å². The first kappa shape index (κ1) is 9.06. The molecule has 3 heteroatoms. The van der Waals surface area contributed by atoms with E-state index in [1.807, 2.05) is 19.1 Å². The summed E-state index contributed by atoms with van der Waals surface area (Å²) < 4.78 is 5.10. The molecule has 3 nitrogen and oxygen atoms in total. The van der Waals surface area contributed by atoms with E-state index in [9.17, 15) is 4.79 Å². The maximum atomic E-state index is 10.8. The Balaban J connectivity index is 2.44. The van der Waals surface area contributed by atoms with E-state index in [1.54, 1.807) is 7.11 Å². The van der Waals surface area contributed by atoms with E-state index in [0.717, 1.165) is 16.9 Å². The largest absolute Gasteiger partial charge is 0.497 e. The molecule has 1 aromatic rings. The van der Waals surface area contributed by atoms with Crippen LogP contribution in [-0.2, 0) is 11.2 Å². The molecule has 0 aliphatic heterocycles. The summed E-state index contributed by atoms with van der Waals surface area (Å²) in [7, 11) is 1.59. The van der Waals surface area contributed by atoms with E-state index in [1.165, 1.54) is 5.56 Å². The zero-order chi connectivity index (χ0) is 10.3. The number of benzene rings is 1. The van der Waals surface area contributed by atoms with Gasteiger partial charge in [-0.15, -0.1) is 0 Å². The summed E-state index contributed by atoms with van der Waals surface area (Å²) >= 11 is 0. The lowest BCUT2D eigenvalue weighted by atomic mass is 9.75. The van der Waals surface area contributed by atoms with Gasteiger partial charge in [0.2, 0.25) is 0 Å². The number of hydrogen-bond donors (Lipinski definition) is 1. The standard InChI is InChI=1S/C11H12O3/c1-6-3-7(14-2)4-9-8(6)5-10(9)11(12)13/h3-4,10H,5H2,1-2H3,(H,12,13). The Morgan fingerprint density at radius 2 is 2.29 bits per heavy atom. The normalized spacial score (nSPS) is 18.3. The van der Waals surface area contributed by atoms with Crippen molar-refractivity contribution in [3.05, 3.63) is 28.8 Å². The summed E-state index contributed by atoms with van der Waals surface area (Å²) in [6.07, 6.45) is 0.653. The zero-order valence-corrected chi connectivity index (χ0v) is 8.20. The molecule has 0 heterocycles. The SMILES string of the molecule is COc1cc(C)c2c(c1)C(C(=O)O)C2. The number of carboxylic acid groups (broad SMARTS) is 1. The van der Waals surface area contributed by atoms with Crippen molar-refractivity contribution in [2.45, 2.75) is 19.3 Å². The number of methoxy groups -OCH3 is 1. The van der Waals surface area contributed by atoms with Crippen LogP contribution in [0, 0.1) is 6.92 Å². The first-order valence-electron chi connectivity index (χ1n) is 4.53. The van der Waals surface area contributed by atoms with Gasteiger partial charge < -0.3 is 9.84 Å². The molecule has 0 fully saturated rings. The molecule has 2 rings (SSSR count). The molecule has 1 unspecified atom stereocenters. The molecule has 0 amide bonds. The van der Waals surface area contributed by atoms with Crippen LogP contribution in [0.4, 0.5) is 0 Å². The second-order valence-corrected chi connectivity index (χ2v) is 3.61. The molecule has 1 aliphatic rings. The van der Waals surface area contributed by atoms with Crippen LogP contribution >= 0.6 is 0 Å². The zero-order valence-electron chi connectivity index (χ0n) is 8.20. The van der Waals surface area contributed by atoms with Crippen LogP contribution in [0.3, 0.4) is 0 Å². The second kappa shape index (κ2) is 3.01. The minimum atomic E-state index is -0.745. The van der Waals surface area contributed by atoms with E-state index in [0.29, 0.717) is 6.42 Å². The van der Waals surface area contributed by atoms with Crippen molar-refractivity contribution in [2.75, 3.05) is 7.11 Å². The van der Waals surface area contributed by atoms with Crippen LogP contribution in [0.2, 0.25) is 0 Å². The predicted molar refractivity (Wildman–Crippen MR) is 51.8 cm³/mol. The van der Waals surface area contributed by atoms with Crippen molar-refractivity contribution in [1.82, 2.24) is 0 Å². The topological polar surface area (TPSA) is 46.5 Å². The monoisotopic (exact) mass is 192 g/mol. The summed E-state index contributed by atoms with van der Waals surface area (Å²) in [5, 5.41) is 8.89. The van der Waals surface area contributed by atoms with E-state index in [-0.39, 0.29) is 5.92 Å². The minimum absolute atomic E-state index is 0.334. The molecule has 1 N–H and O–H groups in total. The van der Waals surface area contributed by atoms with Crippen molar-refractivity contribution in [1.29, 1.82) is 0 Å². The van der Waals surface area contributed by atoms with Crippen LogP contribution in [0.5, 0.6) is 5.75 Å². The van der Waals surface area contributed by atoms with Gasteiger partial charge in [-0.3, -0.25) is 4.79 Å². The summed E-state index contributed by atoms with van der Waals surface area (Å²) in [5.74, 6) is -0.337. The summed E-state index contributed by atoms with van der Waals surface area (Å²) in [6, 6.07) is 3.77. The molecule has 0 spiro atoms. The highest BCUT2D eigenvalue weighted by Crippen LogP contribution is 2.39.